The highest BCUT2D eigenvalue weighted by Gasteiger charge is 2.19. The maximum Gasteiger partial charge on any atom is 0.0804 e. The Morgan fingerprint density at radius 2 is 1.57 bits per heavy atom. The molecule has 0 bridgehead atoms. The third-order valence-corrected chi connectivity index (χ3v) is 8.43. The van der Waals surface area contributed by atoms with Gasteiger partial charge in [0.25, 0.3) is 0 Å². The third kappa shape index (κ3) is 5.99. The number of hydrogen-bond donors (Lipinski definition) is 0. The summed E-state index contributed by atoms with van der Waals surface area (Å²) in [5.74, 6) is 13.9. The van der Waals surface area contributed by atoms with Gasteiger partial charge in [0.15, 0.2) is 0 Å². The van der Waals surface area contributed by atoms with Gasteiger partial charge in [-0.3, -0.25) is 0 Å². The van der Waals surface area contributed by atoms with Crippen molar-refractivity contribution in [2.75, 3.05) is 0 Å². The molecule has 0 saturated heterocycles. The molecule has 0 fully saturated rings. The Hall–Kier alpha value is -2.55. The van der Waals surface area contributed by atoms with E-state index in [-0.39, 0.29) is 0 Å². The lowest BCUT2D eigenvalue weighted by molar-refractivity contribution is 0.503. The quantitative estimate of drug-likeness (QED) is 0.216. The molecule has 1 aliphatic carbocycles. The van der Waals surface area contributed by atoms with Crippen molar-refractivity contribution in [1.82, 2.24) is 0 Å². The van der Waals surface area contributed by atoms with Crippen LogP contribution in [0.2, 0.25) is 6.55 Å². The first-order valence-electron chi connectivity index (χ1n) is 11.3. The van der Waals surface area contributed by atoms with E-state index in [2.05, 4.69) is 90.2 Å². The zero-order valence-electron chi connectivity index (χ0n) is 19.6. The highest BCUT2D eigenvalue weighted by molar-refractivity contribution is 7.78. The zero-order chi connectivity index (χ0) is 24.9. The minimum absolute atomic E-state index is 0.585. The predicted molar refractivity (Wildman–Crippen MR) is 155 cm³/mol. The van der Waals surface area contributed by atoms with E-state index in [1.165, 1.54) is 17.5 Å². The summed E-state index contributed by atoms with van der Waals surface area (Å²) >= 11 is 4.77. The summed E-state index contributed by atoms with van der Waals surface area (Å²) in [7, 11) is 11.9. The van der Waals surface area contributed by atoms with Crippen LogP contribution in [0.15, 0.2) is 47.5 Å². The summed E-state index contributed by atoms with van der Waals surface area (Å²) in [6.07, 6.45) is 3.45. The van der Waals surface area contributed by atoms with Crippen molar-refractivity contribution in [3.05, 3.63) is 75.8 Å². The van der Waals surface area contributed by atoms with Crippen LogP contribution in [0.1, 0.15) is 46.7 Å². The van der Waals surface area contributed by atoms with Crippen LogP contribution in [-0.4, -0.2) is 45.4 Å². The lowest BCUT2D eigenvalue weighted by Crippen LogP contribution is -2.30. The molecule has 3 aromatic carbocycles. The van der Waals surface area contributed by atoms with Crippen molar-refractivity contribution < 1.29 is 0 Å². The van der Waals surface area contributed by atoms with Crippen LogP contribution >= 0.6 is 12.2 Å². The van der Waals surface area contributed by atoms with E-state index in [9.17, 15) is 0 Å². The summed E-state index contributed by atoms with van der Waals surface area (Å²) in [4.78, 5) is 4.18. The Morgan fingerprint density at radius 3 is 2.23 bits per heavy atom. The molecule has 4 rings (SSSR count). The van der Waals surface area contributed by atoms with E-state index in [0.717, 1.165) is 67.4 Å². The van der Waals surface area contributed by atoms with Gasteiger partial charge in [-0.1, -0.05) is 48.4 Å². The molecule has 0 saturated carbocycles. The molecule has 1 aliphatic rings. The minimum atomic E-state index is 0.585. The highest BCUT2D eigenvalue weighted by atomic mass is 32.1. The Balaban J connectivity index is 1.55. The average Bonchev–Trinajstić information content (AvgIpc) is 2.84. The van der Waals surface area contributed by atoms with Crippen LogP contribution in [0.4, 0.5) is 5.69 Å². The predicted octanol–water partition coefficient (Wildman–Crippen LogP) is 2.10. The monoisotopic (exact) mass is 526 g/mol. The number of isothiocyanates is 1. The fourth-order valence-electron chi connectivity index (χ4n) is 4.22. The van der Waals surface area contributed by atoms with Gasteiger partial charge in [0.05, 0.1) is 51.1 Å². The first-order valence-corrected chi connectivity index (χ1v) is 14.7. The van der Waals surface area contributed by atoms with Crippen LogP contribution in [0.25, 0.3) is 0 Å². The van der Waals surface area contributed by atoms with Crippen molar-refractivity contribution >= 4 is 84.1 Å². The smallest absolute Gasteiger partial charge is 0.0804 e. The Labute approximate surface area is 226 Å². The van der Waals surface area contributed by atoms with Crippen LogP contribution in [0.5, 0.6) is 0 Å². The normalized spacial score (nSPS) is 14.0. The lowest BCUT2D eigenvalue weighted by Gasteiger charge is -2.25. The molecule has 3 aromatic rings. The molecule has 1 unspecified atom stereocenters. The largest absolute Gasteiger partial charge is 0.195 e. The van der Waals surface area contributed by atoms with E-state index < -0.39 is 0 Å². The zero-order valence-corrected chi connectivity index (χ0v) is 24.4. The Bertz CT molecular complexity index is 1460. The van der Waals surface area contributed by atoms with Crippen LogP contribution in [-0.2, 0) is 12.8 Å². The van der Waals surface area contributed by atoms with E-state index in [1.807, 2.05) is 30.3 Å². The SMILES string of the molecule is C[Si]c1cc(C#Cc2ccc(C#Cc3c([Si])cc4c(c3[Si])CCC(C)C4)cc2)cc([Si])c1N=C=S. The van der Waals surface area contributed by atoms with E-state index in [4.69, 9.17) is 12.2 Å². The first-order chi connectivity index (χ1) is 16.9. The molecule has 0 aliphatic heterocycles. The molecule has 0 aromatic heterocycles. The average molecular weight is 527 g/mol. The molecular formula is C29H20NSSi4. The van der Waals surface area contributed by atoms with Crippen molar-refractivity contribution in [2.24, 2.45) is 10.9 Å². The van der Waals surface area contributed by atoms with E-state index >= 15 is 0 Å². The van der Waals surface area contributed by atoms with Gasteiger partial charge in [0.2, 0.25) is 0 Å². The molecule has 1 nitrogen and oxygen atoms in total. The van der Waals surface area contributed by atoms with Crippen LogP contribution in [0.3, 0.4) is 0 Å². The molecule has 1 atom stereocenters. The maximum absolute atomic E-state index is 4.77. The van der Waals surface area contributed by atoms with E-state index in [0.29, 0.717) is 9.52 Å². The van der Waals surface area contributed by atoms with Crippen molar-refractivity contribution in [1.29, 1.82) is 0 Å². The van der Waals surface area contributed by atoms with Crippen molar-refractivity contribution in [3.63, 3.8) is 0 Å². The molecule has 11 radical (unpaired) electrons. The second-order valence-electron chi connectivity index (χ2n) is 8.61. The molecule has 0 heterocycles. The summed E-state index contributed by atoms with van der Waals surface area (Å²) < 4.78 is 0. The summed E-state index contributed by atoms with van der Waals surface area (Å²) in [5.41, 5.74) is 7.49. The van der Waals surface area contributed by atoms with Gasteiger partial charge in [-0.2, -0.15) is 4.99 Å². The molecule has 0 spiro atoms. The lowest BCUT2D eigenvalue weighted by atomic mass is 9.84. The standard InChI is InChI=1S/C29H20NSSi4/c1-18-3-11-23-22(13-18)16-25(32)24(29(23)34)12-10-20-6-4-19(5-7-20)8-9-21-14-26(33)28(30-17-31)27(15-21)35-2/h4-7,14-16,18H,3,11,13H2,1-2H3. The topological polar surface area (TPSA) is 12.4 Å². The number of nitrogens with zero attached hydrogens (tertiary/aromatic N) is 1. The van der Waals surface area contributed by atoms with Crippen molar-refractivity contribution in [2.45, 2.75) is 32.7 Å². The van der Waals surface area contributed by atoms with Gasteiger partial charge in [-0.05, 0) is 100 Å². The second-order valence-corrected chi connectivity index (χ2v) is 11.4. The van der Waals surface area contributed by atoms with Gasteiger partial charge >= 0.3 is 0 Å². The Kier molecular flexibility index (Phi) is 8.36. The highest BCUT2D eigenvalue weighted by Crippen LogP contribution is 2.23. The molecule has 163 valence electrons. The van der Waals surface area contributed by atoms with Gasteiger partial charge in [0, 0.05) is 22.3 Å². The number of hydrogen-bond acceptors (Lipinski definition) is 2. The number of benzene rings is 3. The molecular weight excluding hydrogens is 507 g/mol. The van der Waals surface area contributed by atoms with Gasteiger partial charge in [0.1, 0.15) is 0 Å². The van der Waals surface area contributed by atoms with Crippen molar-refractivity contribution in [3.8, 4) is 23.7 Å². The van der Waals surface area contributed by atoms with Crippen LogP contribution in [0, 0.1) is 29.6 Å². The summed E-state index contributed by atoms with van der Waals surface area (Å²) in [5, 5.41) is 6.60. The number of rotatable bonds is 2. The first kappa shape index (κ1) is 25.5. The fraction of sp³-hybridized carbons (Fsp3) is 0.207. The minimum Gasteiger partial charge on any atom is -0.195 e. The van der Waals surface area contributed by atoms with Gasteiger partial charge in [-0.15, -0.1) is 0 Å². The molecule has 6 heteroatoms. The van der Waals surface area contributed by atoms with Crippen LogP contribution < -0.4 is 20.7 Å². The summed E-state index contributed by atoms with van der Waals surface area (Å²) in [6, 6.07) is 14.3. The molecule has 0 N–H and O–H groups in total. The van der Waals surface area contributed by atoms with Gasteiger partial charge < -0.3 is 0 Å². The number of thiocarbonyl (C=S) groups is 1. The molecule has 0 amide bonds. The number of fused-ring (bicyclic) bond motifs is 1. The summed E-state index contributed by atoms with van der Waals surface area (Å²) in [6.45, 7) is 4.43. The third-order valence-electron chi connectivity index (χ3n) is 6.09. The Morgan fingerprint density at radius 1 is 0.914 bits per heavy atom. The number of aliphatic imine (C=N–C) groups is 1. The fourth-order valence-corrected chi connectivity index (χ4v) is 6.48. The molecule has 35 heavy (non-hydrogen) atoms. The van der Waals surface area contributed by atoms with Gasteiger partial charge in [-0.25, -0.2) is 0 Å². The maximum atomic E-state index is 4.77. The second kappa shape index (κ2) is 11.5. The van der Waals surface area contributed by atoms with E-state index in [1.54, 1.807) is 0 Å².